The Morgan fingerprint density at radius 1 is 1.05 bits per heavy atom. The van der Waals surface area contributed by atoms with Gasteiger partial charge >= 0.3 is 20.1 Å². The van der Waals surface area contributed by atoms with E-state index in [1.807, 2.05) is 0 Å². The maximum atomic E-state index is 12.2. The molecule has 0 saturated carbocycles. The first kappa shape index (κ1) is 20.2. The van der Waals surface area contributed by atoms with Gasteiger partial charge < -0.3 is 9.79 Å². The fourth-order valence-corrected chi connectivity index (χ4v) is 2.02. The zero-order valence-electron chi connectivity index (χ0n) is 10.7. The first-order chi connectivity index (χ1) is 9.24. The summed E-state index contributed by atoms with van der Waals surface area (Å²) in [6, 6.07) is 0. The topological polar surface area (TPSA) is 60.8 Å². The average Bonchev–Trinajstić information content (AvgIpc) is 2.17. The molecule has 0 aromatic carbocycles. The lowest BCUT2D eigenvalue weighted by molar-refractivity contribution is -0.142. The Kier molecular flexibility index (Phi) is 7.14. The van der Waals surface area contributed by atoms with Crippen LogP contribution in [-0.2, 0) is 4.57 Å². The molecule has 4 nitrogen and oxygen atoms in total. The van der Waals surface area contributed by atoms with Crippen molar-refractivity contribution in [1.82, 2.24) is 4.67 Å². The molecule has 0 spiro atoms. The van der Waals surface area contributed by atoms with Gasteiger partial charge in [0, 0.05) is 13.1 Å². The minimum atomic E-state index is -4.84. The van der Waals surface area contributed by atoms with E-state index in [2.05, 4.69) is 6.58 Å². The fraction of sp³-hybridized carbons (Fsp3) is 0.600. The van der Waals surface area contributed by atoms with Crippen LogP contribution in [0.5, 0.6) is 0 Å². The van der Waals surface area contributed by atoms with Crippen LogP contribution in [0.1, 0.15) is 12.8 Å². The number of hydrogen-bond acceptors (Lipinski definition) is 1. The maximum absolute atomic E-state index is 12.2. The molecule has 124 valence electrons. The van der Waals surface area contributed by atoms with Gasteiger partial charge in [-0.1, -0.05) is 17.7 Å². The van der Waals surface area contributed by atoms with Crippen molar-refractivity contribution in [2.45, 2.75) is 25.2 Å². The molecular formula is C10H14F6NO3P. The van der Waals surface area contributed by atoms with Gasteiger partial charge in [0.05, 0.1) is 12.8 Å². The SMILES string of the molecule is C=CCN(CC=C(CC(F)(F)F)CC(F)(F)F)P(=O)(O)O. The zero-order valence-corrected chi connectivity index (χ0v) is 11.5. The highest BCUT2D eigenvalue weighted by Crippen LogP contribution is 2.40. The highest BCUT2D eigenvalue weighted by Gasteiger charge is 2.35. The van der Waals surface area contributed by atoms with Crippen molar-refractivity contribution in [1.29, 1.82) is 0 Å². The number of rotatable bonds is 7. The third-order valence-electron chi connectivity index (χ3n) is 2.15. The molecule has 11 heteroatoms. The molecule has 0 heterocycles. The lowest BCUT2D eigenvalue weighted by atomic mass is 10.1. The summed E-state index contributed by atoms with van der Waals surface area (Å²) in [6.07, 6.45) is -11.7. The molecule has 0 atom stereocenters. The Labute approximate surface area is 117 Å². The second-order valence-corrected chi connectivity index (χ2v) is 5.71. The van der Waals surface area contributed by atoms with Gasteiger partial charge in [-0.25, -0.2) is 9.24 Å². The number of alkyl halides is 6. The van der Waals surface area contributed by atoms with E-state index in [0.29, 0.717) is 10.7 Å². The molecule has 2 N–H and O–H groups in total. The van der Waals surface area contributed by atoms with E-state index in [1.54, 1.807) is 0 Å². The molecule has 0 aliphatic carbocycles. The minimum Gasteiger partial charge on any atom is -0.312 e. The largest absolute Gasteiger partial charge is 0.403 e. The van der Waals surface area contributed by atoms with Gasteiger partial charge in [-0.2, -0.15) is 26.3 Å². The van der Waals surface area contributed by atoms with Gasteiger partial charge in [-0.05, 0) is 0 Å². The van der Waals surface area contributed by atoms with E-state index in [0.717, 1.165) is 6.08 Å². The molecule has 0 rings (SSSR count). The van der Waals surface area contributed by atoms with Crippen LogP contribution in [0.25, 0.3) is 0 Å². The van der Waals surface area contributed by atoms with Crippen LogP contribution in [0.2, 0.25) is 0 Å². The summed E-state index contributed by atoms with van der Waals surface area (Å²) in [6.45, 7) is 2.06. The van der Waals surface area contributed by atoms with Gasteiger partial charge in [0.1, 0.15) is 0 Å². The average molecular weight is 341 g/mol. The Bertz CT molecular complexity index is 407. The van der Waals surface area contributed by atoms with E-state index < -0.39 is 45.1 Å². The van der Waals surface area contributed by atoms with Crippen LogP contribution in [0.15, 0.2) is 24.3 Å². The highest BCUT2D eigenvalue weighted by molar-refractivity contribution is 7.49. The molecule has 0 saturated heterocycles. The summed E-state index contributed by atoms with van der Waals surface area (Å²) in [4.78, 5) is 17.8. The van der Waals surface area contributed by atoms with Crippen LogP contribution in [0.4, 0.5) is 26.3 Å². The predicted octanol–water partition coefficient (Wildman–Crippen LogP) is 3.40. The Balaban J connectivity index is 5.13. The summed E-state index contributed by atoms with van der Waals surface area (Å²) in [5.74, 6) is 0. The van der Waals surface area contributed by atoms with E-state index in [-0.39, 0.29) is 6.54 Å². The van der Waals surface area contributed by atoms with Crippen LogP contribution < -0.4 is 0 Å². The van der Waals surface area contributed by atoms with Crippen molar-refractivity contribution in [3.63, 3.8) is 0 Å². The molecule has 0 aromatic rings. The lowest BCUT2D eigenvalue weighted by Gasteiger charge is -2.21. The number of allylic oxidation sites excluding steroid dienone is 1. The van der Waals surface area contributed by atoms with Crippen molar-refractivity contribution < 1.29 is 40.7 Å². The Morgan fingerprint density at radius 2 is 1.48 bits per heavy atom. The molecule has 0 aliphatic rings. The molecule has 0 fully saturated rings. The number of hydrogen-bond donors (Lipinski definition) is 2. The van der Waals surface area contributed by atoms with Gasteiger partial charge in [0.25, 0.3) is 0 Å². The zero-order chi connectivity index (χ0) is 16.9. The van der Waals surface area contributed by atoms with Gasteiger partial charge in [0.2, 0.25) is 0 Å². The summed E-state index contributed by atoms with van der Waals surface area (Å²) in [5, 5.41) is 0. The maximum Gasteiger partial charge on any atom is 0.403 e. The summed E-state index contributed by atoms with van der Waals surface area (Å²) in [7, 11) is -4.80. The van der Waals surface area contributed by atoms with E-state index in [9.17, 15) is 30.9 Å². The highest BCUT2D eigenvalue weighted by atomic mass is 31.2. The van der Waals surface area contributed by atoms with Crippen molar-refractivity contribution in [2.75, 3.05) is 13.1 Å². The van der Waals surface area contributed by atoms with E-state index in [1.165, 1.54) is 0 Å². The first-order valence-corrected chi connectivity index (χ1v) is 7.04. The molecule has 21 heavy (non-hydrogen) atoms. The summed E-state index contributed by atoms with van der Waals surface area (Å²) >= 11 is 0. The molecule has 0 aromatic heterocycles. The normalized spacial score (nSPS) is 13.4. The Hall–Kier alpha value is -0.830. The minimum absolute atomic E-state index is 0.383. The second kappa shape index (κ2) is 7.44. The van der Waals surface area contributed by atoms with E-state index >= 15 is 0 Å². The smallest absolute Gasteiger partial charge is 0.312 e. The van der Waals surface area contributed by atoms with Crippen LogP contribution in [0, 0.1) is 0 Å². The van der Waals surface area contributed by atoms with Crippen LogP contribution in [0.3, 0.4) is 0 Å². The molecule has 0 unspecified atom stereocenters. The van der Waals surface area contributed by atoms with Gasteiger partial charge in [-0.3, -0.25) is 0 Å². The van der Waals surface area contributed by atoms with Gasteiger partial charge in [-0.15, -0.1) is 6.58 Å². The molecule has 0 bridgehead atoms. The quantitative estimate of drug-likeness (QED) is 0.423. The molecule has 0 amide bonds. The van der Waals surface area contributed by atoms with Crippen LogP contribution >= 0.6 is 7.75 Å². The monoisotopic (exact) mass is 341 g/mol. The van der Waals surface area contributed by atoms with E-state index in [4.69, 9.17) is 9.79 Å². The number of halogens is 6. The third-order valence-corrected chi connectivity index (χ3v) is 3.22. The molecule has 0 aliphatic heterocycles. The summed E-state index contributed by atoms with van der Waals surface area (Å²) in [5.41, 5.74) is -1.00. The first-order valence-electron chi connectivity index (χ1n) is 5.48. The summed E-state index contributed by atoms with van der Waals surface area (Å²) < 4.78 is 84.6. The van der Waals surface area contributed by atoms with Crippen molar-refractivity contribution in [2.24, 2.45) is 0 Å². The predicted molar refractivity (Wildman–Crippen MR) is 63.2 cm³/mol. The standard InChI is InChI=1S/C10H14F6NO3P/c1-2-4-17(21(18,19)20)5-3-8(6-9(11,12)13)7-10(14,15)16/h2-3H,1,4-7H2,(H2,18,19,20). The van der Waals surface area contributed by atoms with Crippen molar-refractivity contribution in [3.8, 4) is 0 Å². The Morgan fingerprint density at radius 3 is 1.76 bits per heavy atom. The fourth-order valence-electron chi connectivity index (χ4n) is 1.39. The van der Waals surface area contributed by atoms with Crippen LogP contribution in [-0.4, -0.2) is 39.9 Å². The van der Waals surface area contributed by atoms with Crippen molar-refractivity contribution >= 4 is 7.75 Å². The molecule has 0 radical (unpaired) electrons. The molecular weight excluding hydrogens is 327 g/mol. The third kappa shape index (κ3) is 10.5. The number of nitrogens with zero attached hydrogens (tertiary/aromatic N) is 1. The van der Waals surface area contributed by atoms with Crippen molar-refractivity contribution in [3.05, 3.63) is 24.3 Å². The van der Waals surface area contributed by atoms with Gasteiger partial charge in [0.15, 0.2) is 0 Å². The lowest BCUT2D eigenvalue weighted by Crippen LogP contribution is -2.22. The second-order valence-electron chi connectivity index (χ2n) is 4.12.